The van der Waals surface area contributed by atoms with Crippen LogP contribution >= 0.6 is 11.3 Å². The van der Waals surface area contributed by atoms with Crippen LogP contribution in [0, 0.1) is 19.3 Å². The lowest BCUT2D eigenvalue weighted by molar-refractivity contribution is -0.145. The van der Waals surface area contributed by atoms with Gasteiger partial charge in [0, 0.05) is 6.54 Å². The van der Waals surface area contributed by atoms with E-state index in [2.05, 4.69) is 15.6 Å². The number of β-amino-alcohol motifs (C(OH)–C–C–N with tert-alkyl or cyclic N) is 1. The van der Waals surface area contributed by atoms with Crippen LogP contribution in [0.5, 0.6) is 0 Å². The zero-order valence-electron chi connectivity index (χ0n) is 22.2. The zero-order chi connectivity index (χ0) is 28.0. The van der Waals surface area contributed by atoms with Crippen LogP contribution < -0.4 is 10.6 Å². The Morgan fingerprint density at radius 3 is 2.50 bits per heavy atom. The van der Waals surface area contributed by atoms with E-state index in [1.807, 2.05) is 32.0 Å². The van der Waals surface area contributed by atoms with E-state index in [4.69, 9.17) is 0 Å². The molecule has 8 nitrogen and oxygen atoms in total. The second-order valence-electron chi connectivity index (χ2n) is 11.3. The van der Waals surface area contributed by atoms with Crippen LogP contribution in [0.25, 0.3) is 10.4 Å². The fraction of sp³-hybridized carbons (Fsp3) is 0.556. The highest BCUT2D eigenvalue weighted by Gasteiger charge is 2.54. The molecule has 38 heavy (non-hydrogen) atoms. The maximum atomic E-state index is 15.1. The molecule has 0 bridgehead atoms. The number of aryl methyl sites for hydroxylation is 2. The summed E-state index contributed by atoms with van der Waals surface area (Å²) >= 11 is 1.54. The average molecular weight is 549 g/mol. The molecule has 1 aliphatic heterocycles. The van der Waals surface area contributed by atoms with Crippen LogP contribution in [0.4, 0.5) is 8.78 Å². The molecule has 0 radical (unpaired) electrons. The Bertz CT molecular complexity index is 1240. The minimum Gasteiger partial charge on any atom is -0.388 e. The summed E-state index contributed by atoms with van der Waals surface area (Å²) in [5.41, 5.74) is 2.59. The summed E-state index contributed by atoms with van der Waals surface area (Å²) in [6.45, 7) is 8.57. The number of hydrogen-bond donors (Lipinski definition) is 3. The van der Waals surface area contributed by atoms with Crippen molar-refractivity contribution < 1.29 is 28.3 Å². The van der Waals surface area contributed by atoms with Gasteiger partial charge in [-0.2, -0.15) is 0 Å². The zero-order valence-corrected chi connectivity index (χ0v) is 23.0. The highest BCUT2D eigenvalue weighted by atomic mass is 32.1. The predicted octanol–water partition coefficient (Wildman–Crippen LogP) is 2.99. The second-order valence-corrected chi connectivity index (χ2v) is 12.2. The van der Waals surface area contributed by atoms with Gasteiger partial charge in [0.1, 0.15) is 18.2 Å². The quantitative estimate of drug-likeness (QED) is 0.493. The molecule has 3 N–H and O–H groups in total. The number of hydrogen-bond acceptors (Lipinski definition) is 6. The SMILES string of the molecule is Cc1cc(-c2scnc2C)ccc1CNC(=O)[C@@H]1[C@@H](F)[C@@H](O)CN1C(=O)[C@@H](NC(=O)C1(F)CC1)C(C)(C)C. The number of nitrogens with zero attached hydrogens (tertiary/aromatic N) is 2. The fourth-order valence-electron chi connectivity index (χ4n) is 4.62. The smallest absolute Gasteiger partial charge is 0.258 e. The molecular weight excluding hydrogens is 514 g/mol. The number of aliphatic hydroxyl groups excluding tert-OH is 1. The molecule has 1 aromatic heterocycles. The van der Waals surface area contributed by atoms with Gasteiger partial charge in [0.15, 0.2) is 11.8 Å². The van der Waals surface area contributed by atoms with Crippen LogP contribution in [-0.4, -0.2) is 69.3 Å². The number of nitrogens with one attached hydrogen (secondary N) is 2. The van der Waals surface area contributed by atoms with Crippen molar-refractivity contribution >= 4 is 29.1 Å². The van der Waals surface area contributed by atoms with Crippen molar-refractivity contribution in [2.45, 2.75) is 84.0 Å². The highest BCUT2D eigenvalue weighted by molar-refractivity contribution is 7.13. The first-order valence-corrected chi connectivity index (χ1v) is 13.5. The third-order valence-corrected chi connectivity index (χ3v) is 8.21. The van der Waals surface area contributed by atoms with E-state index in [1.54, 1.807) is 26.3 Å². The minimum absolute atomic E-state index is 0.0775. The first-order chi connectivity index (χ1) is 17.7. The number of halogens is 2. The molecule has 1 aliphatic carbocycles. The lowest BCUT2D eigenvalue weighted by atomic mass is 9.85. The number of amides is 3. The van der Waals surface area contributed by atoms with E-state index in [9.17, 15) is 23.9 Å². The molecule has 1 saturated heterocycles. The molecule has 1 aromatic carbocycles. The van der Waals surface area contributed by atoms with E-state index in [0.29, 0.717) is 0 Å². The Hall–Kier alpha value is -2.92. The third kappa shape index (κ3) is 5.58. The maximum absolute atomic E-state index is 15.1. The normalized spacial score (nSPS) is 23.2. The van der Waals surface area contributed by atoms with Crippen LogP contribution in [0.1, 0.15) is 50.4 Å². The van der Waals surface area contributed by atoms with Crippen molar-refractivity contribution in [1.82, 2.24) is 20.5 Å². The number of benzene rings is 1. The van der Waals surface area contributed by atoms with Gasteiger partial charge in [-0.3, -0.25) is 14.4 Å². The summed E-state index contributed by atoms with van der Waals surface area (Å²) in [5.74, 6) is -2.39. The Kier molecular flexibility index (Phi) is 7.64. The molecule has 2 heterocycles. The largest absolute Gasteiger partial charge is 0.388 e. The maximum Gasteiger partial charge on any atom is 0.258 e. The van der Waals surface area contributed by atoms with Gasteiger partial charge in [0.25, 0.3) is 5.91 Å². The van der Waals surface area contributed by atoms with E-state index in [-0.39, 0.29) is 19.4 Å². The topological polar surface area (TPSA) is 112 Å². The summed E-state index contributed by atoms with van der Waals surface area (Å²) in [5, 5.41) is 15.4. The van der Waals surface area contributed by atoms with Crippen molar-refractivity contribution in [3.8, 4) is 10.4 Å². The first-order valence-electron chi connectivity index (χ1n) is 12.6. The molecule has 2 fully saturated rings. The number of aliphatic hydroxyl groups is 1. The van der Waals surface area contributed by atoms with Crippen molar-refractivity contribution in [2.24, 2.45) is 5.41 Å². The number of likely N-dealkylation sites (tertiary alicyclic amines) is 1. The lowest BCUT2D eigenvalue weighted by Gasteiger charge is -2.35. The number of aromatic nitrogens is 1. The molecule has 0 unspecified atom stereocenters. The van der Waals surface area contributed by atoms with Crippen LogP contribution in [-0.2, 0) is 20.9 Å². The van der Waals surface area contributed by atoms with Gasteiger partial charge in [-0.1, -0.05) is 39.0 Å². The number of carbonyl (C=O) groups is 3. The van der Waals surface area contributed by atoms with E-state index < -0.39 is 59.7 Å². The van der Waals surface area contributed by atoms with Gasteiger partial charge >= 0.3 is 0 Å². The van der Waals surface area contributed by atoms with Crippen molar-refractivity contribution in [1.29, 1.82) is 0 Å². The summed E-state index contributed by atoms with van der Waals surface area (Å²) < 4.78 is 29.4. The van der Waals surface area contributed by atoms with E-state index in [0.717, 1.165) is 32.2 Å². The Morgan fingerprint density at radius 1 is 1.26 bits per heavy atom. The van der Waals surface area contributed by atoms with Crippen LogP contribution in [0.2, 0.25) is 0 Å². The summed E-state index contributed by atoms with van der Waals surface area (Å²) in [7, 11) is 0. The molecule has 4 atom stereocenters. The monoisotopic (exact) mass is 548 g/mol. The second kappa shape index (κ2) is 10.3. The molecular formula is C27H34F2N4O4S. The lowest BCUT2D eigenvalue weighted by Crippen LogP contribution is -2.59. The van der Waals surface area contributed by atoms with Crippen molar-refractivity contribution in [2.75, 3.05) is 6.54 Å². The number of carbonyl (C=O) groups excluding carboxylic acids is 3. The van der Waals surface area contributed by atoms with E-state index in [1.165, 1.54) is 11.3 Å². The Balaban J connectivity index is 1.48. The number of rotatable bonds is 7. The fourth-order valence-corrected chi connectivity index (χ4v) is 5.43. The Labute approximate surface area is 224 Å². The van der Waals surface area contributed by atoms with Crippen molar-refractivity contribution in [3.63, 3.8) is 0 Å². The molecule has 4 rings (SSSR count). The molecule has 1 saturated carbocycles. The predicted molar refractivity (Wildman–Crippen MR) is 140 cm³/mol. The molecule has 206 valence electrons. The molecule has 11 heteroatoms. The summed E-state index contributed by atoms with van der Waals surface area (Å²) in [6.07, 6.45) is -3.42. The third-order valence-electron chi connectivity index (χ3n) is 7.23. The first kappa shape index (κ1) is 28.1. The minimum atomic E-state index is -2.01. The van der Waals surface area contributed by atoms with Crippen LogP contribution in [0.15, 0.2) is 23.7 Å². The molecule has 2 aliphatic rings. The summed E-state index contributed by atoms with van der Waals surface area (Å²) in [4.78, 5) is 45.3. The van der Waals surface area contributed by atoms with Crippen molar-refractivity contribution in [3.05, 3.63) is 40.5 Å². The molecule has 3 amide bonds. The summed E-state index contributed by atoms with van der Waals surface area (Å²) in [6, 6.07) is 3.00. The van der Waals surface area contributed by atoms with Gasteiger partial charge in [-0.05, 0) is 48.8 Å². The molecule has 0 spiro atoms. The number of alkyl halides is 2. The average Bonchev–Trinajstić information content (AvgIpc) is 3.33. The van der Waals surface area contributed by atoms with Gasteiger partial charge in [0.05, 0.1) is 22.6 Å². The Morgan fingerprint density at radius 2 is 1.95 bits per heavy atom. The van der Waals surface area contributed by atoms with Crippen LogP contribution in [0.3, 0.4) is 0 Å². The standard InChI is InChI=1S/C27H34F2N4O4S/c1-14-10-16(21-15(2)31-13-38-21)6-7-17(14)11-30-23(35)20-19(28)18(34)12-33(20)24(36)22(26(3,4)5)32-25(37)27(29)8-9-27/h6-7,10,13,18-20,22,34H,8-9,11-12H2,1-5H3,(H,30,35)(H,32,37)/t18-,19-,20-,22+/m0/s1. The number of thiazole rings is 1. The van der Waals surface area contributed by atoms with Gasteiger partial charge in [-0.15, -0.1) is 11.3 Å². The van der Waals surface area contributed by atoms with E-state index >= 15 is 4.39 Å². The van der Waals surface area contributed by atoms with Gasteiger partial charge < -0.3 is 20.6 Å². The van der Waals surface area contributed by atoms with Gasteiger partial charge in [0.2, 0.25) is 11.8 Å². The molecule has 2 aromatic rings. The highest BCUT2D eigenvalue weighted by Crippen LogP contribution is 2.40. The van der Waals surface area contributed by atoms with Gasteiger partial charge in [-0.25, -0.2) is 13.8 Å².